The molecule has 0 aliphatic heterocycles. The summed E-state index contributed by atoms with van der Waals surface area (Å²) in [4.78, 5) is 0. The Morgan fingerprint density at radius 3 is 1.48 bits per heavy atom. The molecule has 0 rings (SSSR count). The van der Waals surface area contributed by atoms with E-state index in [4.69, 9.17) is 13.6 Å². The number of phosphoric acid groups is 1. The third-order valence-electron chi connectivity index (χ3n) is 4.01. The number of unbranched alkanes of at least 4 members (excludes halogenated alkanes) is 4. The van der Waals surface area contributed by atoms with E-state index in [0.717, 1.165) is 38.5 Å². The van der Waals surface area contributed by atoms with Crippen LogP contribution in [0, 0.1) is 0 Å². The summed E-state index contributed by atoms with van der Waals surface area (Å²) in [7, 11) is -3.46. The summed E-state index contributed by atoms with van der Waals surface area (Å²) in [5, 5.41) is 0. The fourth-order valence-corrected chi connectivity index (χ4v) is 4.24. The molecule has 0 amide bonds. The van der Waals surface area contributed by atoms with Crippen molar-refractivity contribution in [1.82, 2.24) is 0 Å². The van der Waals surface area contributed by atoms with Gasteiger partial charge in [-0.3, -0.25) is 13.6 Å². The Kier molecular flexibility index (Phi) is 14.5. The number of phosphoric ester groups is 1. The summed E-state index contributed by atoms with van der Waals surface area (Å²) in [6.07, 6.45) is 10.3. The molecule has 23 heavy (non-hydrogen) atoms. The molecule has 0 aromatic carbocycles. The van der Waals surface area contributed by atoms with Gasteiger partial charge in [-0.05, 0) is 32.6 Å². The first kappa shape index (κ1) is 23.1. The summed E-state index contributed by atoms with van der Waals surface area (Å²) < 4.78 is 30.0. The zero-order valence-electron chi connectivity index (χ0n) is 16.0. The van der Waals surface area contributed by atoms with E-state index >= 15 is 0 Å². The Morgan fingerprint density at radius 2 is 1.17 bits per heavy atom. The maximum Gasteiger partial charge on any atom is 0.475 e. The molecule has 2 atom stereocenters. The molecule has 4 nitrogen and oxygen atoms in total. The van der Waals surface area contributed by atoms with Crippen LogP contribution in [0.4, 0.5) is 0 Å². The van der Waals surface area contributed by atoms with E-state index in [2.05, 4.69) is 27.7 Å². The minimum Gasteiger partial charge on any atom is -0.287 e. The molecule has 0 bridgehead atoms. The Morgan fingerprint density at radius 1 is 0.739 bits per heavy atom. The molecule has 0 saturated carbocycles. The average molecular weight is 350 g/mol. The maximum absolute atomic E-state index is 13.0. The molecule has 0 N–H and O–H groups in total. The predicted octanol–water partition coefficient (Wildman–Crippen LogP) is 6.88. The van der Waals surface area contributed by atoms with Gasteiger partial charge in [0.25, 0.3) is 0 Å². The highest BCUT2D eigenvalue weighted by atomic mass is 31.2. The predicted molar refractivity (Wildman–Crippen MR) is 97.8 cm³/mol. The second-order valence-corrected chi connectivity index (χ2v) is 7.70. The topological polar surface area (TPSA) is 44.8 Å². The monoisotopic (exact) mass is 350 g/mol. The van der Waals surface area contributed by atoms with E-state index in [9.17, 15) is 4.57 Å². The van der Waals surface area contributed by atoms with Crippen LogP contribution in [0.2, 0.25) is 0 Å². The smallest absolute Gasteiger partial charge is 0.287 e. The van der Waals surface area contributed by atoms with Crippen molar-refractivity contribution in [3.8, 4) is 0 Å². The molecule has 0 radical (unpaired) electrons. The first-order valence-electron chi connectivity index (χ1n) is 9.66. The largest absolute Gasteiger partial charge is 0.475 e. The van der Waals surface area contributed by atoms with Crippen molar-refractivity contribution in [3.63, 3.8) is 0 Å². The van der Waals surface area contributed by atoms with E-state index in [1.807, 2.05) is 6.92 Å². The Labute approximate surface area is 144 Å². The lowest BCUT2D eigenvalue weighted by Crippen LogP contribution is -2.17. The van der Waals surface area contributed by atoms with Gasteiger partial charge < -0.3 is 0 Å². The Bertz CT molecular complexity index is 285. The van der Waals surface area contributed by atoms with E-state index in [-0.39, 0.29) is 12.2 Å². The molecule has 0 spiro atoms. The van der Waals surface area contributed by atoms with Crippen LogP contribution in [0.1, 0.15) is 98.8 Å². The molecule has 2 unspecified atom stereocenters. The minimum atomic E-state index is -3.46. The van der Waals surface area contributed by atoms with Crippen molar-refractivity contribution in [2.75, 3.05) is 6.61 Å². The summed E-state index contributed by atoms with van der Waals surface area (Å²) in [5.41, 5.74) is 0. The molecule has 0 aromatic heterocycles. The average Bonchev–Trinajstić information content (AvgIpc) is 2.53. The van der Waals surface area contributed by atoms with Gasteiger partial charge >= 0.3 is 7.82 Å². The SMILES string of the molecule is CCCCCC(CC)OP(=O)(OCC)OC(CC)CCCCC. The van der Waals surface area contributed by atoms with Crippen LogP contribution in [0.15, 0.2) is 0 Å². The lowest BCUT2D eigenvalue weighted by molar-refractivity contribution is 0.0451. The highest BCUT2D eigenvalue weighted by Gasteiger charge is 2.32. The number of hydrogen-bond donors (Lipinski definition) is 0. The molecule has 0 aliphatic rings. The molecule has 0 saturated heterocycles. The molecular weight excluding hydrogens is 311 g/mol. The summed E-state index contributed by atoms with van der Waals surface area (Å²) in [6, 6.07) is 0. The molecular formula is C18H39O4P. The summed E-state index contributed by atoms with van der Waals surface area (Å²) >= 11 is 0. The summed E-state index contributed by atoms with van der Waals surface area (Å²) in [5.74, 6) is 0. The molecule has 140 valence electrons. The fraction of sp³-hybridized carbons (Fsp3) is 1.00. The normalized spacial score (nSPS) is 16.9. The van der Waals surface area contributed by atoms with Gasteiger partial charge in [0.1, 0.15) is 0 Å². The first-order chi connectivity index (χ1) is 11.0. The molecule has 0 aliphatic carbocycles. The van der Waals surface area contributed by atoms with Gasteiger partial charge in [0.15, 0.2) is 0 Å². The number of hydrogen-bond acceptors (Lipinski definition) is 4. The van der Waals surface area contributed by atoms with Crippen LogP contribution in [0.5, 0.6) is 0 Å². The second kappa shape index (κ2) is 14.5. The van der Waals surface area contributed by atoms with E-state index in [1.54, 1.807) is 0 Å². The van der Waals surface area contributed by atoms with Gasteiger partial charge in [-0.15, -0.1) is 0 Å². The third-order valence-corrected chi connectivity index (χ3v) is 5.70. The molecule has 0 aromatic rings. The third kappa shape index (κ3) is 11.3. The van der Waals surface area contributed by atoms with Crippen LogP contribution in [0.3, 0.4) is 0 Å². The van der Waals surface area contributed by atoms with E-state index in [1.165, 1.54) is 25.7 Å². The van der Waals surface area contributed by atoms with Crippen molar-refractivity contribution in [1.29, 1.82) is 0 Å². The Hall–Kier alpha value is 0.110. The Balaban J connectivity index is 4.63. The maximum atomic E-state index is 13.0. The van der Waals surface area contributed by atoms with Gasteiger partial charge in [0, 0.05) is 0 Å². The van der Waals surface area contributed by atoms with Crippen LogP contribution in [-0.2, 0) is 18.1 Å². The highest BCUT2D eigenvalue weighted by Crippen LogP contribution is 2.53. The molecule has 0 heterocycles. The first-order valence-corrected chi connectivity index (χ1v) is 11.1. The van der Waals surface area contributed by atoms with Crippen molar-refractivity contribution >= 4 is 7.82 Å². The van der Waals surface area contributed by atoms with E-state index < -0.39 is 7.82 Å². The number of rotatable bonds is 16. The lowest BCUT2D eigenvalue weighted by atomic mass is 10.1. The zero-order valence-corrected chi connectivity index (χ0v) is 16.9. The molecule has 0 fully saturated rings. The van der Waals surface area contributed by atoms with Crippen LogP contribution >= 0.6 is 7.82 Å². The van der Waals surface area contributed by atoms with Crippen LogP contribution in [-0.4, -0.2) is 18.8 Å². The minimum absolute atomic E-state index is 0.0490. The quantitative estimate of drug-likeness (QED) is 0.225. The van der Waals surface area contributed by atoms with Gasteiger partial charge in [0.05, 0.1) is 18.8 Å². The van der Waals surface area contributed by atoms with Crippen molar-refractivity contribution < 1.29 is 18.1 Å². The van der Waals surface area contributed by atoms with E-state index in [0.29, 0.717) is 6.61 Å². The lowest BCUT2D eigenvalue weighted by Gasteiger charge is -2.26. The van der Waals surface area contributed by atoms with Crippen LogP contribution in [0.25, 0.3) is 0 Å². The second-order valence-electron chi connectivity index (χ2n) is 6.13. The van der Waals surface area contributed by atoms with Crippen molar-refractivity contribution in [2.45, 2.75) is 111 Å². The van der Waals surface area contributed by atoms with Crippen LogP contribution < -0.4 is 0 Å². The van der Waals surface area contributed by atoms with Gasteiger partial charge in [-0.25, -0.2) is 4.57 Å². The van der Waals surface area contributed by atoms with Crippen molar-refractivity contribution in [2.24, 2.45) is 0 Å². The fourth-order valence-electron chi connectivity index (χ4n) is 2.52. The van der Waals surface area contributed by atoms with Gasteiger partial charge in [-0.1, -0.05) is 66.2 Å². The standard InChI is InChI=1S/C18H39O4P/c1-6-11-13-15-17(8-3)21-23(19,20-10-5)22-18(9-4)16-14-12-7-2/h17-18H,6-16H2,1-5H3. The van der Waals surface area contributed by atoms with Gasteiger partial charge in [-0.2, -0.15) is 0 Å². The highest BCUT2D eigenvalue weighted by molar-refractivity contribution is 7.48. The van der Waals surface area contributed by atoms with Gasteiger partial charge in [0.2, 0.25) is 0 Å². The summed E-state index contributed by atoms with van der Waals surface area (Å²) in [6.45, 7) is 10.6. The van der Waals surface area contributed by atoms with Crippen molar-refractivity contribution in [3.05, 3.63) is 0 Å². The zero-order chi connectivity index (χ0) is 17.6. The molecule has 5 heteroatoms.